The van der Waals surface area contributed by atoms with E-state index >= 15 is 0 Å². The van der Waals surface area contributed by atoms with Crippen LogP contribution in [0.4, 0.5) is 17.6 Å². The van der Waals surface area contributed by atoms with Gasteiger partial charge >= 0.3 is 12.1 Å². The number of hydrogen-bond donors (Lipinski definition) is 1. The minimum atomic E-state index is -4.73. The molecular formula is C32H30F4N2O3S. The van der Waals surface area contributed by atoms with Crippen LogP contribution in [0.1, 0.15) is 65.3 Å². The van der Waals surface area contributed by atoms with Gasteiger partial charge in [0.1, 0.15) is 12.4 Å². The van der Waals surface area contributed by atoms with E-state index in [1.807, 2.05) is 24.1 Å². The molecule has 2 saturated carbocycles. The molecule has 4 aliphatic rings. The van der Waals surface area contributed by atoms with Gasteiger partial charge in [-0.2, -0.15) is 13.2 Å². The molecule has 1 saturated heterocycles. The number of fused-ring (bicyclic) bond motifs is 3. The number of carboxylic acid groups (broad SMARTS) is 1. The first-order valence-electron chi connectivity index (χ1n) is 14.4. The molecule has 3 unspecified atom stereocenters. The second-order valence-electron chi connectivity index (χ2n) is 11.9. The maximum atomic E-state index is 14.9. The maximum Gasteiger partial charge on any atom is 0.417 e. The van der Waals surface area contributed by atoms with E-state index in [4.69, 9.17) is 4.74 Å². The van der Waals surface area contributed by atoms with E-state index in [9.17, 15) is 27.5 Å². The van der Waals surface area contributed by atoms with Gasteiger partial charge < -0.3 is 9.84 Å². The largest absolute Gasteiger partial charge is 0.481 e. The minimum absolute atomic E-state index is 0.00121. The minimum Gasteiger partial charge on any atom is -0.481 e. The van der Waals surface area contributed by atoms with Gasteiger partial charge in [-0.1, -0.05) is 36.2 Å². The summed E-state index contributed by atoms with van der Waals surface area (Å²) in [5.74, 6) is -1.53. The Balaban J connectivity index is 1.07. The molecule has 0 radical (unpaired) electrons. The molecule has 5 nitrogen and oxygen atoms in total. The molecule has 0 spiro atoms. The molecule has 3 aromatic rings. The van der Waals surface area contributed by atoms with Crippen molar-refractivity contribution in [3.05, 3.63) is 82.3 Å². The normalized spacial score (nSPS) is 23.9. The van der Waals surface area contributed by atoms with Gasteiger partial charge in [0.05, 0.1) is 11.5 Å². The van der Waals surface area contributed by atoms with Gasteiger partial charge in [0.15, 0.2) is 0 Å². The van der Waals surface area contributed by atoms with E-state index in [0.29, 0.717) is 24.0 Å². The van der Waals surface area contributed by atoms with Gasteiger partial charge in [0, 0.05) is 42.1 Å². The van der Waals surface area contributed by atoms with Crippen molar-refractivity contribution in [1.82, 2.24) is 9.29 Å². The fourth-order valence-corrected chi connectivity index (χ4v) is 7.84. The summed E-state index contributed by atoms with van der Waals surface area (Å²) in [6, 6.07) is 10.7. The highest BCUT2D eigenvalue weighted by Gasteiger charge is 2.60. The molecule has 3 aliphatic carbocycles. The molecule has 3 fully saturated rings. The number of benzene rings is 2. The Morgan fingerprint density at radius 2 is 1.81 bits per heavy atom. The SMILES string of the molecule is O=C(O)C1C2Cc3cc(OCc4cc(-c5ccc(C6CCN(SC7CC7)CC6)cc5)c(C(F)(F)F)cc4F)ncc3C21. The van der Waals surface area contributed by atoms with Crippen LogP contribution in [-0.2, 0) is 24.0 Å². The molecular weight excluding hydrogens is 568 g/mol. The van der Waals surface area contributed by atoms with E-state index in [0.717, 1.165) is 47.9 Å². The third-order valence-corrected chi connectivity index (χ3v) is 10.5. The third-order valence-electron chi connectivity index (χ3n) is 9.10. The number of carbonyl (C=O) groups is 1. The number of carboxylic acids is 1. The van der Waals surface area contributed by atoms with E-state index in [1.165, 1.54) is 18.9 Å². The van der Waals surface area contributed by atoms with Crippen molar-refractivity contribution in [2.45, 2.75) is 62.0 Å². The Morgan fingerprint density at radius 1 is 1.07 bits per heavy atom. The van der Waals surface area contributed by atoms with Crippen LogP contribution in [0.5, 0.6) is 5.88 Å². The highest BCUT2D eigenvalue weighted by Crippen LogP contribution is 2.61. The molecule has 0 bridgehead atoms. The van der Waals surface area contributed by atoms with Crippen molar-refractivity contribution >= 4 is 17.9 Å². The summed E-state index contributed by atoms with van der Waals surface area (Å²) in [5.41, 5.74) is 2.22. The molecule has 7 rings (SSSR count). The molecule has 3 atom stereocenters. The summed E-state index contributed by atoms with van der Waals surface area (Å²) >= 11 is 1.96. The Labute approximate surface area is 245 Å². The number of rotatable bonds is 8. The Bertz CT molecular complexity index is 1520. The lowest BCUT2D eigenvalue weighted by molar-refractivity contribution is -0.139. The van der Waals surface area contributed by atoms with Gasteiger partial charge in [0.25, 0.3) is 0 Å². The van der Waals surface area contributed by atoms with Gasteiger partial charge in [-0.15, -0.1) is 0 Å². The van der Waals surface area contributed by atoms with E-state index < -0.39 is 23.5 Å². The summed E-state index contributed by atoms with van der Waals surface area (Å²) in [5, 5.41) is 10.1. The number of alkyl halides is 3. The van der Waals surface area contributed by atoms with Gasteiger partial charge in [-0.3, -0.25) is 9.10 Å². The number of ether oxygens (including phenoxy) is 1. The lowest BCUT2D eigenvalue weighted by Crippen LogP contribution is -2.28. The summed E-state index contributed by atoms with van der Waals surface area (Å²) in [6.45, 7) is 1.73. The van der Waals surface area contributed by atoms with Crippen molar-refractivity contribution < 1.29 is 32.2 Å². The number of hydrogen-bond acceptors (Lipinski definition) is 5. The lowest BCUT2D eigenvalue weighted by Gasteiger charge is -2.31. The quantitative estimate of drug-likeness (QED) is 0.215. The van der Waals surface area contributed by atoms with Crippen LogP contribution in [-0.4, -0.2) is 38.7 Å². The number of pyridine rings is 1. The standard InChI is InChI=1S/C32H30F4N2O3S/c33-27-14-26(32(34,35)36)23(19-3-1-17(2-4-19)18-7-9-38(10-8-18)42-22-5-6-22)12-21(27)16-41-28-13-20-11-24-29(25(20)15-37-28)30(24)31(39)40/h1-4,12-15,18,22,24,29-30H,5-11,16H2,(H,39,40). The molecule has 220 valence electrons. The smallest absolute Gasteiger partial charge is 0.417 e. The summed E-state index contributed by atoms with van der Waals surface area (Å²) in [7, 11) is 0. The molecule has 2 aromatic carbocycles. The Kier molecular flexibility index (Phi) is 6.96. The molecule has 1 N–H and O–H groups in total. The number of nitrogens with zero attached hydrogens (tertiary/aromatic N) is 2. The monoisotopic (exact) mass is 598 g/mol. The van der Waals surface area contributed by atoms with Crippen LogP contribution in [0.25, 0.3) is 11.1 Å². The first kappa shape index (κ1) is 27.7. The average Bonchev–Trinajstić information content (AvgIpc) is 3.89. The number of aromatic nitrogens is 1. The zero-order chi connectivity index (χ0) is 29.2. The van der Waals surface area contributed by atoms with E-state index in [-0.39, 0.29) is 41.4 Å². The van der Waals surface area contributed by atoms with Crippen molar-refractivity contribution in [3.8, 4) is 17.0 Å². The number of halogens is 4. The van der Waals surface area contributed by atoms with Crippen LogP contribution >= 0.6 is 11.9 Å². The van der Waals surface area contributed by atoms with Crippen LogP contribution in [0.3, 0.4) is 0 Å². The molecule has 42 heavy (non-hydrogen) atoms. The predicted octanol–water partition coefficient (Wildman–Crippen LogP) is 7.45. The van der Waals surface area contributed by atoms with Crippen molar-refractivity contribution in [2.75, 3.05) is 13.1 Å². The second-order valence-corrected chi connectivity index (χ2v) is 13.3. The summed E-state index contributed by atoms with van der Waals surface area (Å²) < 4.78 is 65.1. The molecule has 2 heterocycles. The second kappa shape index (κ2) is 10.6. The number of piperidine rings is 1. The Morgan fingerprint density at radius 3 is 2.48 bits per heavy atom. The molecule has 0 amide bonds. The predicted molar refractivity (Wildman–Crippen MR) is 151 cm³/mol. The zero-order valence-corrected chi connectivity index (χ0v) is 23.6. The molecule has 10 heteroatoms. The van der Waals surface area contributed by atoms with Crippen molar-refractivity contribution in [3.63, 3.8) is 0 Å². The van der Waals surface area contributed by atoms with E-state index in [2.05, 4.69) is 9.29 Å². The fourth-order valence-electron chi connectivity index (χ4n) is 6.65. The van der Waals surface area contributed by atoms with Crippen LogP contribution in [0.2, 0.25) is 0 Å². The zero-order valence-electron chi connectivity index (χ0n) is 22.7. The van der Waals surface area contributed by atoms with Gasteiger partial charge in [0.2, 0.25) is 5.88 Å². The van der Waals surface area contributed by atoms with Gasteiger partial charge in [-0.05, 0) is 83.9 Å². The average molecular weight is 599 g/mol. The number of aliphatic carboxylic acids is 1. The summed E-state index contributed by atoms with van der Waals surface area (Å²) in [4.78, 5) is 15.6. The first-order valence-corrected chi connectivity index (χ1v) is 15.3. The van der Waals surface area contributed by atoms with Crippen LogP contribution < -0.4 is 4.74 Å². The summed E-state index contributed by atoms with van der Waals surface area (Å²) in [6.07, 6.45) is 2.12. The molecule has 1 aromatic heterocycles. The Hall–Kier alpha value is -3.11. The first-order chi connectivity index (χ1) is 20.2. The topological polar surface area (TPSA) is 62.7 Å². The van der Waals surface area contributed by atoms with Gasteiger partial charge in [-0.25, -0.2) is 9.37 Å². The highest BCUT2D eigenvalue weighted by atomic mass is 32.2. The third kappa shape index (κ3) is 5.39. The van der Waals surface area contributed by atoms with E-state index in [1.54, 1.807) is 24.4 Å². The fraction of sp³-hybridized carbons (Fsp3) is 0.438. The van der Waals surface area contributed by atoms with Crippen molar-refractivity contribution in [1.29, 1.82) is 0 Å². The van der Waals surface area contributed by atoms with Crippen LogP contribution in [0, 0.1) is 17.7 Å². The molecule has 1 aliphatic heterocycles. The highest BCUT2D eigenvalue weighted by molar-refractivity contribution is 7.97. The van der Waals surface area contributed by atoms with Crippen LogP contribution in [0.15, 0.2) is 48.7 Å². The maximum absolute atomic E-state index is 14.9. The van der Waals surface area contributed by atoms with Crippen molar-refractivity contribution in [2.24, 2.45) is 11.8 Å². The lowest BCUT2D eigenvalue weighted by atomic mass is 9.88.